The van der Waals surface area contributed by atoms with Crippen molar-refractivity contribution in [2.45, 2.75) is 37.7 Å². The first-order valence-electron chi connectivity index (χ1n) is 8.75. The number of carbonyl (C=O) groups excluding carboxylic acids is 2. The Labute approximate surface area is 166 Å². The van der Waals surface area contributed by atoms with E-state index in [1.165, 1.54) is 18.9 Å². The number of carbonyl (C=O) groups is 2. The van der Waals surface area contributed by atoms with Crippen molar-refractivity contribution in [1.82, 2.24) is 15.2 Å². The van der Waals surface area contributed by atoms with E-state index in [-0.39, 0.29) is 5.78 Å². The van der Waals surface area contributed by atoms with Crippen LogP contribution in [0, 0.1) is 13.8 Å². The van der Waals surface area contributed by atoms with Crippen molar-refractivity contribution in [1.29, 1.82) is 0 Å². The zero-order valence-electron chi connectivity index (χ0n) is 16.1. The van der Waals surface area contributed by atoms with Crippen LogP contribution in [0.2, 0.25) is 0 Å². The highest BCUT2D eigenvalue weighted by molar-refractivity contribution is 8.00. The van der Waals surface area contributed by atoms with Gasteiger partial charge >= 0.3 is 5.97 Å². The minimum atomic E-state index is -0.465. The number of benzene rings is 1. The maximum absolute atomic E-state index is 12.9. The van der Waals surface area contributed by atoms with E-state index < -0.39 is 11.2 Å². The van der Waals surface area contributed by atoms with Crippen molar-refractivity contribution in [3.63, 3.8) is 0 Å². The highest BCUT2D eigenvalue weighted by atomic mass is 32.2. The lowest BCUT2D eigenvalue weighted by Crippen LogP contribution is -2.15. The maximum Gasteiger partial charge on any atom is 0.339 e. The molecule has 1 atom stereocenters. The van der Waals surface area contributed by atoms with E-state index in [1.807, 2.05) is 30.3 Å². The highest BCUT2D eigenvalue weighted by Crippen LogP contribution is 2.27. The molecule has 0 aliphatic carbocycles. The number of esters is 1. The van der Waals surface area contributed by atoms with Crippen molar-refractivity contribution >= 4 is 23.5 Å². The third kappa shape index (κ3) is 4.17. The minimum absolute atomic E-state index is 0.149. The lowest BCUT2D eigenvalue weighted by atomic mass is 10.1. The quantitative estimate of drug-likeness (QED) is 0.367. The van der Waals surface area contributed by atoms with E-state index in [1.54, 1.807) is 20.8 Å². The van der Waals surface area contributed by atoms with E-state index in [9.17, 15) is 9.59 Å². The Kier molecular flexibility index (Phi) is 5.99. The van der Waals surface area contributed by atoms with Crippen LogP contribution < -0.4 is 0 Å². The second-order valence-corrected chi connectivity index (χ2v) is 7.66. The zero-order chi connectivity index (χ0) is 20.3. The predicted molar refractivity (Wildman–Crippen MR) is 105 cm³/mol. The van der Waals surface area contributed by atoms with Crippen molar-refractivity contribution in [2.24, 2.45) is 0 Å². The van der Waals surface area contributed by atoms with Gasteiger partial charge in [0.15, 0.2) is 5.78 Å². The molecule has 3 aromatic rings. The van der Waals surface area contributed by atoms with Crippen LogP contribution in [0.5, 0.6) is 0 Å². The molecular formula is C20H21N3O4S. The Bertz CT molecular complexity index is 994. The fraction of sp³-hybridized carbons (Fsp3) is 0.300. The van der Waals surface area contributed by atoms with Crippen LogP contribution in [0.3, 0.4) is 0 Å². The number of rotatable bonds is 7. The smallest absolute Gasteiger partial charge is 0.339 e. The second-order valence-electron chi connectivity index (χ2n) is 6.36. The predicted octanol–water partition coefficient (Wildman–Crippen LogP) is 3.76. The monoisotopic (exact) mass is 399 g/mol. The number of methoxy groups -OCH3 is 1. The number of H-pyrrole nitrogens is 1. The average molecular weight is 399 g/mol. The summed E-state index contributed by atoms with van der Waals surface area (Å²) in [7, 11) is 1.32. The molecule has 3 rings (SSSR count). The molecule has 0 saturated heterocycles. The summed E-state index contributed by atoms with van der Waals surface area (Å²) in [5.74, 6) is -0.121. The maximum atomic E-state index is 12.9. The third-order valence-corrected chi connectivity index (χ3v) is 5.30. The summed E-state index contributed by atoms with van der Waals surface area (Å²) in [5, 5.41) is 7.94. The van der Waals surface area contributed by atoms with E-state index in [0.29, 0.717) is 40.0 Å². The number of hydrogen-bond donors (Lipinski definition) is 1. The Hall–Kier alpha value is -2.87. The summed E-state index contributed by atoms with van der Waals surface area (Å²) in [6, 6.07) is 9.81. The molecule has 0 aliphatic rings. The Morgan fingerprint density at radius 3 is 2.61 bits per heavy atom. The van der Waals surface area contributed by atoms with Crippen LogP contribution in [-0.4, -0.2) is 39.3 Å². The Morgan fingerprint density at radius 1 is 1.21 bits per heavy atom. The van der Waals surface area contributed by atoms with Gasteiger partial charge in [-0.2, -0.15) is 0 Å². The van der Waals surface area contributed by atoms with Gasteiger partial charge in [-0.25, -0.2) is 4.79 Å². The third-order valence-electron chi connectivity index (χ3n) is 4.37. The lowest BCUT2D eigenvalue weighted by molar-refractivity contribution is 0.0599. The van der Waals surface area contributed by atoms with Gasteiger partial charge in [-0.1, -0.05) is 42.1 Å². The average Bonchev–Trinajstić information content (AvgIpc) is 3.24. The van der Waals surface area contributed by atoms with Gasteiger partial charge in [-0.3, -0.25) is 4.79 Å². The zero-order valence-corrected chi connectivity index (χ0v) is 16.9. The topological polar surface area (TPSA) is 98.1 Å². The van der Waals surface area contributed by atoms with Gasteiger partial charge in [0.1, 0.15) is 0 Å². The molecule has 0 saturated carbocycles. The Balaban J connectivity index is 1.71. The number of aromatic nitrogens is 3. The fourth-order valence-corrected chi connectivity index (χ4v) is 3.70. The molecule has 7 nitrogen and oxygen atoms in total. The number of ketones is 1. The van der Waals surface area contributed by atoms with Crippen LogP contribution in [-0.2, 0) is 11.2 Å². The van der Waals surface area contributed by atoms with E-state index >= 15 is 0 Å². The summed E-state index contributed by atoms with van der Waals surface area (Å²) in [6.45, 7) is 5.23. The van der Waals surface area contributed by atoms with Gasteiger partial charge in [-0.15, -0.1) is 10.2 Å². The van der Waals surface area contributed by atoms with Gasteiger partial charge in [0.25, 0.3) is 5.22 Å². The van der Waals surface area contributed by atoms with E-state index in [4.69, 9.17) is 9.15 Å². The lowest BCUT2D eigenvalue weighted by Gasteiger charge is -2.07. The van der Waals surface area contributed by atoms with Crippen LogP contribution in [0.15, 0.2) is 40.0 Å². The van der Waals surface area contributed by atoms with Gasteiger partial charge in [-0.05, 0) is 31.9 Å². The first kappa shape index (κ1) is 19.9. The van der Waals surface area contributed by atoms with Gasteiger partial charge in [0.2, 0.25) is 5.89 Å². The molecule has 0 amide bonds. The van der Waals surface area contributed by atoms with Crippen molar-refractivity contribution in [3.05, 3.63) is 64.3 Å². The normalized spacial score (nSPS) is 12.0. The molecule has 0 fully saturated rings. The summed E-state index contributed by atoms with van der Waals surface area (Å²) in [6.07, 6.45) is 0.536. The number of nitrogens with one attached hydrogen (secondary N) is 1. The summed E-state index contributed by atoms with van der Waals surface area (Å²) >= 11 is 1.19. The molecule has 1 N–H and O–H groups in total. The highest BCUT2D eigenvalue weighted by Gasteiger charge is 2.27. The standard InChI is InChI=1S/C20H21N3O4S/c1-11-16(19(25)26-4)12(2)21-17(11)18(24)13(3)28-20-23-22-15(27-20)10-14-8-6-5-7-9-14/h5-9,13,21H,10H2,1-4H3/t13-/m0/s1. The van der Waals surface area contributed by atoms with E-state index in [0.717, 1.165) is 5.56 Å². The first-order valence-corrected chi connectivity index (χ1v) is 9.63. The van der Waals surface area contributed by atoms with Gasteiger partial charge in [0, 0.05) is 5.69 Å². The molecule has 0 unspecified atom stereocenters. The molecule has 8 heteroatoms. The molecule has 0 radical (unpaired) electrons. The Morgan fingerprint density at radius 2 is 1.93 bits per heavy atom. The SMILES string of the molecule is COC(=O)c1c(C)[nH]c(C(=O)[C@H](C)Sc2nnc(Cc3ccccc3)o2)c1C. The number of aryl methyl sites for hydroxylation is 1. The summed E-state index contributed by atoms with van der Waals surface area (Å²) in [5.41, 5.74) is 3.04. The number of hydrogen-bond acceptors (Lipinski definition) is 7. The van der Waals surface area contributed by atoms with Crippen molar-refractivity contribution in [2.75, 3.05) is 7.11 Å². The molecule has 0 spiro atoms. The van der Waals surface area contributed by atoms with Crippen molar-refractivity contribution in [3.8, 4) is 0 Å². The largest absolute Gasteiger partial charge is 0.465 e. The summed E-state index contributed by atoms with van der Waals surface area (Å²) < 4.78 is 10.5. The number of aromatic amines is 1. The number of thioether (sulfide) groups is 1. The fourth-order valence-electron chi connectivity index (χ4n) is 2.94. The number of ether oxygens (including phenoxy) is 1. The van der Waals surface area contributed by atoms with E-state index in [2.05, 4.69) is 15.2 Å². The number of Topliss-reactive ketones (excluding diaryl/α,β-unsaturated/α-hetero) is 1. The van der Waals surface area contributed by atoms with Crippen LogP contribution in [0.1, 0.15) is 50.5 Å². The number of nitrogens with zero attached hydrogens (tertiary/aromatic N) is 2. The van der Waals surface area contributed by atoms with Gasteiger partial charge in [0.05, 0.1) is 30.0 Å². The molecule has 146 valence electrons. The molecule has 28 heavy (non-hydrogen) atoms. The molecule has 2 heterocycles. The molecule has 0 aliphatic heterocycles. The van der Waals surface area contributed by atoms with Crippen LogP contribution >= 0.6 is 11.8 Å². The van der Waals surface area contributed by atoms with Crippen molar-refractivity contribution < 1.29 is 18.7 Å². The molecular weight excluding hydrogens is 378 g/mol. The van der Waals surface area contributed by atoms with Crippen LogP contribution in [0.25, 0.3) is 0 Å². The van der Waals surface area contributed by atoms with Gasteiger partial charge < -0.3 is 14.1 Å². The second kappa shape index (κ2) is 8.43. The van der Waals surface area contributed by atoms with Crippen LogP contribution in [0.4, 0.5) is 0 Å². The minimum Gasteiger partial charge on any atom is -0.465 e. The summed E-state index contributed by atoms with van der Waals surface area (Å²) in [4.78, 5) is 27.8. The first-order chi connectivity index (χ1) is 13.4. The molecule has 2 aromatic heterocycles. The molecule has 0 bridgehead atoms. The molecule has 1 aromatic carbocycles.